The Morgan fingerprint density at radius 1 is 1.13 bits per heavy atom. The van der Waals surface area contributed by atoms with Crippen LogP contribution in [0, 0.1) is 6.92 Å². The first kappa shape index (κ1) is 26.6. The van der Waals surface area contributed by atoms with E-state index < -0.39 is 12.0 Å². The van der Waals surface area contributed by atoms with E-state index in [0.717, 1.165) is 22.2 Å². The summed E-state index contributed by atoms with van der Waals surface area (Å²) in [6.07, 6.45) is 1.80. The van der Waals surface area contributed by atoms with E-state index in [1.54, 1.807) is 18.6 Å². The minimum atomic E-state index is -0.766. The zero-order chi connectivity index (χ0) is 27.7. The van der Waals surface area contributed by atoms with Crippen LogP contribution in [0.5, 0.6) is 5.75 Å². The van der Waals surface area contributed by atoms with Crippen molar-refractivity contribution in [2.24, 2.45) is 4.99 Å². The van der Waals surface area contributed by atoms with E-state index in [1.807, 2.05) is 75.4 Å². The van der Waals surface area contributed by atoms with Gasteiger partial charge in [-0.25, -0.2) is 9.79 Å². The number of fused-ring (bicyclic) bond motifs is 2. The van der Waals surface area contributed by atoms with E-state index in [1.165, 1.54) is 11.3 Å². The average molecular weight is 546 g/mol. The summed E-state index contributed by atoms with van der Waals surface area (Å²) in [6, 6.07) is 14.7. The van der Waals surface area contributed by atoms with Gasteiger partial charge in [0.1, 0.15) is 18.4 Å². The molecule has 1 atom stereocenters. The molecule has 1 aliphatic heterocycles. The van der Waals surface area contributed by atoms with Crippen molar-refractivity contribution >= 4 is 34.3 Å². The number of para-hydroxylation sites is 2. The summed E-state index contributed by atoms with van der Waals surface area (Å²) in [6.45, 7) is 7.99. The van der Waals surface area contributed by atoms with Gasteiger partial charge in [-0.2, -0.15) is 0 Å². The highest BCUT2D eigenvalue weighted by molar-refractivity contribution is 7.07. The Kier molecular flexibility index (Phi) is 7.54. The molecule has 0 aliphatic carbocycles. The third kappa shape index (κ3) is 5.07. The molecule has 4 aromatic rings. The molecule has 3 heterocycles. The van der Waals surface area contributed by atoms with Crippen LogP contribution in [0.4, 0.5) is 0 Å². The molecule has 0 saturated heterocycles. The van der Waals surface area contributed by atoms with Gasteiger partial charge in [-0.05, 0) is 45.9 Å². The van der Waals surface area contributed by atoms with Crippen molar-refractivity contribution in [2.45, 2.75) is 39.8 Å². The lowest BCUT2D eigenvalue weighted by atomic mass is 9.95. The van der Waals surface area contributed by atoms with Crippen molar-refractivity contribution in [2.75, 3.05) is 20.3 Å². The Balaban J connectivity index is 1.73. The molecular formula is C30H31N3O5S. The van der Waals surface area contributed by atoms with Crippen molar-refractivity contribution < 1.29 is 19.0 Å². The lowest BCUT2D eigenvalue weighted by molar-refractivity contribution is -0.140. The molecule has 0 bridgehead atoms. The fourth-order valence-corrected chi connectivity index (χ4v) is 5.88. The summed E-state index contributed by atoms with van der Waals surface area (Å²) in [5, 5.41) is 1.03. The number of aryl methyl sites for hydroxylation is 1. The molecule has 0 amide bonds. The second-order valence-electron chi connectivity index (χ2n) is 9.62. The van der Waals surface area contributed by atoms with Crippen LogP contribution in [0.3, 0.4) is 0 Å². The van der Waals surface area contributed by atoms with Crippen molar-refractivity contribution in [1.82, 2.24) is 9.55 Å². The van der Waals surface area contributed by atoms with E-state index in [-0.39, 0.29) is 24.9 Å². The predicted octanol–water partition coefficient (Wildman–Crippen LogP) is 4.00. The van der Waals surface area contributed by atoms with E-state index in [9.17, 15) is 9.59 Å². The third-order valence-corrected chi connectivity index (χ3v) is 7.54. The number of aromatic amines is 1. The highest BCUT2D eigenvalue weighted by atomic mass is 32.1. The molecule has 39 heavy (non-hydrogen) atoms. The Hall–Kier alpha value is -3.95. The summed E-state index contributed by atoms with van der Waals surface area (Å²) in [7, 11) is 1.54. The number of hydrogen-bond donors (Lipinski definition) is 1. The standard InChI is InChI=1S/C30H31N3O5S/c1-17(2)38-24-13-9-7-11-21(24)27-26(29(35)37-15-14-36-5)19(4)32-30-33(27)28(34)25(39-30)16-22-18(3)31-23-12-8-6-10-20(22)23/h6-13,16-17,27,31H,14-15H2,1-5H3/b25-16+/t27-/m1/s1. The van der Waals surface area contributed by atoms with Gasteiger partial charge in [0.05, 0.1) is 28.5 Å². The number of H-pyrrole nitrogens is 1. The number of hydrogen-bond acceptors (Lipinski definition) is 7. The molecule has 2 aromatic carbocycles. The predicted molar refractivity (Wildman–Crippen MR) is 152 cm³/mol. The Morgan fingerprint density at radius 3 is 2.64 bits per heavy atom. The van der Waals surface area contributed by atoms with Gasteiger partial charge in [-0.15, -0.1) is 0 Å². The quantitative estimate of drug-likeness (QED) is 0.267. The van der Waals surface area contributed by atoms with Crippen LogP contribution in [0.2, 0.25) is 0 Å². The molecule has 1 N–H and O–H groups in total. The molecule has 9 heteroatoms. The number of thiazole rings is 1. The third-order valence-electron chi connectivity index (χ3n) is 6.56. The zero-order valence-electron chi connectivity index (χ0n) is 22.6. The Bertz CT molecular complexity index is 1760. The number of carbonyl (C=O) groups excluding carboxylic acids is 1. The molecule has 5 rings (SSSR count). The number of ether oxygens (including phenoxy) is 3. The Morgan fingerprint density at radius 2 is 1.87 bits per heavy atom. The fourth-order valence-electron chi connectivity index (χ4n) is 4.86. The summed E-state index contributed by atoms with van der Waals surface area (Å²) >= 11 is 1.30. The molecule has 0 radical (unpaired) electrons. The van der Waals surface area contributed by atoms with Gasteiger partial charge >= 0.3 is 5.97 Å². The van der Waals surface area contributed by atoms with Crippen molar-refractivity contribution in [3.63, 3.8) is 0 Å². The van der Waals surface area contributed by atoms with Crippen LogP contribution in [0.25, 0.3) is 17.0 Å². The number of rotatable bonds is 8. The van der Waals surface area contributed by atoms with Gasteiger partial charge in [0.25, 0.3) is 5.56 Å². The fraction of sp³-hybridized carbons (Fsp3) is 0.300. The average Bonchev–Trinajstić information content (AvgIpc) is 3.38. The number of esters is 1. The number of nitrogens with one attached hydrogen (secondary N) is 1. The first-order valence-electron chi connectivity index (χ1n) is 12.8. The van der Waals surface area contributed by atoms with Crippen LogP contribution in [-0.4, -0.2) is 41.9 Å². The van der Waals surface area contributed by atoms with Crippen LogP contribution in [0.1, 0.15) is 43.6 Å². The van der Waals surface area contributed by atoms with Gasteiger partial charge in [0, 0.05) is 34.8 Å². The first-order valence-corrected chi connectivity index (χ1v) is 13.6. The highest BCUT2D eigenvalue weighted by Crippen LogP contribution is 2.36. The van der Waals surface area contributed by atoms with Crippen molar-refractivity contribution in [1.29, 1.82) is 0 Å². The van der Waals surface area contributed by atoms with E-state index in [0.29, 0.717) is 31.9 Å². The van der Waals surface area contributed by atoms with E-state index >= 15 is 0 Å². The molecular weight excluding hydrogens is 514 g/mol. The number of nitrogens with zero attached hydrogens (tertiary/aromatic N) is 2. The monoisotopic (exact) mass is 545 g/mol. The molecule has 1 aliphatic rings. The SMILES string of the molecule is COCCOC(=O)C1=C(C)N=c2s/c(=C/c3c(C)[nH]c4ccccc34)c(=O)n2[C@@H]1c1ccccc1OC(C)C. The zero-order valence-corrected chi connectivity index (χ0v) is 23.4. The van der Waals surface area contributed by atoms with Crippen LogP contribution < -0.4 is 19.6 Å². The number of allylic oxidation sites excluding steroid dienone is 1. The van der Waals surface area contributed by atoms with Gasteiger partial charge in [-0.1, -0.05) is 47.7 Å². The maximum atomic E-state index is 14.1. The van der Waals surface area contributed by atoms with Gasteiger partial charge < -0.3 is 19.2 Å². The van der Waals surface area contributed by atoms with Gasteiger partial charge in [0.15, 0.2) is 4.80 Å². The second-order valence-corrected chi connectivity index (χ2v) is 10.6. The number of carbonyl (C=O) groups is 1. The maximum absolute atomic E-state index is 14.1. The molecule has 2 aromatic heterocycles. The minimum absolute atomic E-state index is 0.0905. The smallest absolute Gasteiger partial charge is 0.338 e. The van der Waals surface area contributed by atoms with Gasteiger partial charge in [0.2, 0.25) is 0 Å². The molecule has 0 spiro atoms. The highest BCUT2D eigenvalue weighted by Gasteiger charge is 2.35. The van der Waals surface area contributed by atoms with Crippen LogP contribution in [-0.2, 0) is 14.3 Å². The van der Waals surface area contributed by atoms with Gasteiger partial charge in [-0.3, -0.25) is 9.36 Å². The molecule has 202 valence electrons. The maximum Gasteiger partial charge on any atom is 0.338 e. The number of aromatic nitrogens is 2. The largest absolute Gasteiger partial charge is 0.491 e. The number of methoxy groups -OCH3 is 1. The van der Waals surface area contributed by atoms with E-state index in [4.69, 9.17) is 19.2 Å². The normalized spacial score (nSPS) is 15.5. The van der Waals surface area contributed by atoms with Crippen LogP contribution >= 0.6 is 11.3 Å². The van der Waals surface area contributed by atoms with Crippen molar-refractivity contribution in [3.8, 4) is 5.75 Å². The lowest BCUT2D eigenvalue weighted by Crippen LogP contribution is -2.40. The second kappa shape index (κ2) is 11.0. The summed E-state index contributed by atoms with van der Waals surface area (Å²) in [5.74, 6) is 0.0517. The molecule has 0 saturated carbocycles. The summed E-state index contributed by atoms with van der Waals surface area (Å²) in [5.41, 5.74) is 4.17. The molecule has 0 unspecified atom stereocenters. The minimum Gasteiger partial charge on any atom is -0.491 e. The summed E-state index contributed by atoms with van der Waals surface area (Å²) in [4.78, 5) is 36.1. The first-order chi connectivity index (χ1) is 18.8. The summed E-state index contributed by atoms with van der Waals surface area (Å²) < 4.78 is 18.8. The lowest BCUT2D eigenvalue weighted by Gasteiger charge is -2.27. The molecule has 0 fully saturated rings. The van der Waals surface area contributed by atoms with E-state index in [2.05, 4.69) is 4.98 Å². The van der Waals surface area contributed by atoms with Crippen molar-refractivity contribution in [3.05, 3.63) is 96.3 Å². The number of benzene rings is 2. The van der Waals surface area contributed by atoms with Crippen LogP contribution in [0.15, 0.2) is 69.6 Å². The Labute approximate surface area is 229 Å². The topological polar surface area (TPSA) is 94.9 Å². The molecule has 8 nitrogen and oxygen atoms in total.